The monoisotopic (exact) mass is 230 g/mol. The normalized spacial score (nSPS) is 17.9. The predicted octanol–water partition coefficient (Wildman–Crippen LogP) is 1.01. The van der Waals surface area contributed by atoms with Crippen LogP contribution in [0.2, 0.25) is 0 Å². The van der Waals surface area contributed by atoms with Gasteiger partial charge in [-0.05, 0) is 42.5 Å². The van der Waals surface area contributed by atoms with E-state index in [2.05, 4.69) is 0 Å². The molecule has 1 aromatic carbocycles. The summed E-state index contributed by atoms with van der Waals surface area (Å²) >= 11 is 0. The number of nitrogens with two attached hydrogens (primary N) is 1. The van der Waals surface area contributed by atoms with Crippen LogP contribution in [0.25, 0.3) is 0 Å². The molecule has 1 aromatic rings. The molecule has 0 atom stereocenters. The Balaban J connectivity index is 2.20. The number of nitrogens with zero attached hydrogens (tertiary/aromatic N) is 1. The van der Waals surface area contributed by atoms with Gasteiger partial charge in [0.2, 0.25) is 11.8 Å². The van der Waals surface area contributed by atoms with Crippen LogP contribution in [0, 0.1) is 0 Å². The smallest absolute Gasteiger partial charge is 0.248 e. The maximum atomic E-state index is 11.8. The van der Waals surface area contributed by atoms with Crippen LogP contribution in [0.5, 0.6) is 0 Å². The Morgan fingerprint density at radius 1 is 1.18 bits per heavy atom. The highest BCUT2D eigenvalue weighted by Gasteiger charge is 2.29. The van der Waals surface area contributed by atoms with Crippen molar-refractivity contribution in [3.05, 3.63) is 28.8 Å². The fourth-order valence-electron chi connectivity index (χ4n) is 2.80. The molecule has 88 valence electrons. The SMILES string of the molecule is NC(=O)c1cc2c3c(c1)CCC(=O)N3CCC2. The third kappa shape index (κ3) is 1.52. The van der Waals surface area contributed by atoms with Gasteiger partial charge in [0.1, 0.15) is 0 Å². The van der Waals surface area contributed by atoms with Gasteiger partial charge in [-0.25, -0.2) is 0 Å². The molecule has 0 spiro atoms. The number of aryl methyl sites for hydroxylation is 2. The number of benzene rings is 1. The molecule has 2 aliphatic rings. The molecule has 17 heavy (non-hydrogen) atoms. The van der Waals surface area contributed by atoms with E-state index in [0.717, 1.165) is 42.6 Å². The van der Waals surface area contributed by atoms with Crippen LogP contribution < -0.4 is 10.6 Å². The van der Waals surface area contributed by atoms with Gasteiger partial charge in [0.25, 0.3) is 0 Å². The fraction of sp³-hybridized carbons (Fsp3) is 0.385. The zero-order valence-corrected chi connectivity index (χ0v) is 9.53. The summed E-state index contributed by atoms with van der Waals surface area (Å²) in [6.07, 6.45) is 3.14. The van der Waals surface area contributed by atoms with Crippen molar-refractivity contribution in [3.63, 3.8) is 0 Å². The molecule has 0 aromatic heterocycles. The highest BCUT2D eigenvalue weighted by molar-refractivity contribution is 6.00. The third-order valence-corrected chi connectivity index (χ3v) is 3.56. The van der Waals surface area contributed by atoms with E-state index in [4.69, 9.17) is 5.73 Å². The first-order valence-corrected chi connectivity index (χ1v) is 5.93. The van der Waals surface area contributed by atoms with Gasteiger partial charge >= 0.3 is 0 Å². The number of carbonyl (C=O) groups excluding carboxylic acids is 2. The second-order valence-electron chi connectivity index (χ2n) is 4.66. The van der Waals surface area contributed by atoms with Gasteiger partial charge in [0, 0.05) is 18.5 Å². The van der Waals surface area contributed by atoms with E-state index in [9.17, 15) is 9.59 Å². The van der Waals surface area contributed by atoms with Crippen molar-refractivity contribution < 1.29 is 9.59 Å². The van der Waals surface area contributed by atoms with Gasteiger partial charge in [-0.2, -0.15) is 0 Å². The van der Waals surface area contributed by atoms with Gasteiger partial charge < -0.3 is 10.6 Å². The average Bonchev–Trinajstić information content (AvgIpc) is 2.33. The van der Waals surface area contributed by atoms with Crippen molar-refractivity contribution >= 4 is 17.5 Å². The van der Waals surface area contributed by atoms with Gasteiger partial charge in [0.15, 0.2) is 0 Å². The molecule has 2 N–H and O–H groups in total. The fourth-order valence-corrected chi connectivity index (χ4v) is 2.80. The number of primary amides is 1. The molecule has 0 saturated carbocycles. The summed E-state index contributed by atoms with van der Waals surface area (Å²) in [5.74, 6) is -0.191. The van der Waals surface area contributed by atoms with Crippen LogP contribution in [-0.4, -0.2) is 18.4 Å². The van der Waals surface area contributed by atoms with Crippen LogP contribution >= 0.6 is 0 Å². The van der Waals surface area contributed by atoms with Crippen molar-refractivity contribution in [3.8, 4) is 0 Å². The van der Waals surface area contributed by atoms with Crippen molar-refractivity contribution in [1.82, 2.24) is 0 Å². The standard InChI is InChI=1S/C13H14N2O2/c14-13(17)10-6-8-2-1-5-15-11(16)4-3-9(7-10)12(8)15/h6-7H,1-5H2,(H2,14,17). The largest absolute Gasteiger partial charge is 0.366 e. The number of anilines is 1. The Labute approximate surface area is 99.4 Å². The highest BCUT2D eigenvalue weighted by atomic mass is 16.2. The molecule has 3 rings (SSSR count). The molecule has 2 aliphatic heterocycles. The van der Waals surface area contributed by atoms with Gasteiger partial charge in [0.05, 0.1) is 5.69 Å². The summed E-state index contributed by atoms with van der Waals surface area (Å²) < 4.78 is 0. The predicted molar refractivity (Wildman–Crippen MR) is 64.0 cm³/mol. The topological polar surface area (TPSA) is 63.4 Å². The van der Waals surface area contributed by atoms with E-state index in [-0.39, 0.29) is 5.91 Å². The van der Waals surface area contributed by atoms with Crippen LogP contribution in [0.3, 0.4) is 0 Å². The van der Waals surface area contributed by atoms with E-state index in [0.29, 0.717) is 12.0 Å². The molecular formula is C13H14N2O2. The van der Waals surface area contributed by atoms with Crippen molar-refractivity contribution in [1.29, 1.82) is 0 Å². The first kappa shape index (κ1) is 10.3. The van der Waals surface area contributed by atoms with E-state index >= 15 is 0 Å². The maximum absolute atomic E-state index is 11.8. The number of carbonyl (C=O) groups is 2. The van der Waals surface area contributed by atoms with E-state index in [1.807, 2.05) is 17.0 Å². The second-order valence-corrected chi connectivity index (χ2v) is 4.66. The van der Waals surface area contributed by atoms with Gasteiger partial charge in [-0.1, -0.05) is 0 Å². The lowest BCUT2D eigenvalue weighted by Gasteiger charge is -2.35. The molecule has 2 heterocycles. The quantitative estimate of drug-likeness (QED) is 0.782. The molecule has 0 saturated heterocycles. The first-order valence-electron chi connectivity index (χ1n) is 5.93. The Morgan fingerprint density at radius 3 is 2.59 bits per heavy atom. The first-order chi connectivity index (χ1) is 8.16. The Morgan fingerprint density at radius 2 is 1.88 bits per heavy atom. The average molecular weight is 230 g/mol. The number of rotatable bonds is 1. The molecule has 0 unspecified atom stereocenters. The molecule has 2 amide bonds. The Hall–Kier alpha value is -1.84. The Bertz CT molecular complexity index is 505. The highest BCUT2D eigenvalue weighted by Crippen LogP contribution is 2.36. The van der Waals surface area contributed by atoms with Crippen LogP contribution in [0.15, 0.2) is 12.1 Å². The summed E-state index contributed by atoms with van der Waals surface area (Å²) in [5.41, 5.74) is 9.12. The van der Waals surface area contributed by atoms with Crippen LogP contribution in [-0.2, 0) is 17.6 Å². The molecule has 0 aliphatic carbocycles. The number of hydrogen-bond acceptors (Lipinski definition) is 2. The van der Waals surface area contributed by atoms with Gasteiger partial charge in [-0.15, -0.1) is 0 Å². The summed E-state index contributed by atoms with van der Waals surface area (Å²) in [4.78, 5) is 25.0. The lowest BCUT2D eigenvalue weighted by Crippen LogP contribution is -2.39. The minimum atomic E-state index is -0.391. The number of amides is 2. The number of hydrogen-bond donors (Lipinski definition) is 1. The summed E-state index contributed by atoms with van der Waals surface area (Å²) in [5, 5.41) is 0. The van der Waals surface area contributed by atoms with Gasteiger partial charge in [-0.3, -0.25) is 9.59 Å². The molecule has 4 heteroatoms. The summed E-state index contributed by atoms with van der Waals surface area (Å²) in [7, 11) is 0. The molecule has 0 bridgehead atoms. The molecular weight excluding hydrogens is 216 g/mol. The lowest BCUT2D eigenvalue weighted by atomic mass is 9.89. The summed E-state index contributed by atoms with van der Waals surface area (Å²) in [6.45, 7) is 0.800. The molecule has 0 radical (unpaired) electrons. The molecule has 0 fully saturated rings. The van der Waals surface area contributed by atoms with E-state index in [1.165, 1.54) is 0 Å². The zero-order valence-electron chi connectivity index (χ0n) is 9.53. The van der Waals surface area contributed by atoms with Crippen molar-refractivity contribution in [2.75, 3.05) is 11.4 Å². The van der Waals surface area contributed by atoms with Crippen LogP contribution in [0.1, 0.15) is 34.3 Å². The maximum Gasteiger partial charge on any atom is 0.248 e. The van der Waals surface area contributed by atoms with E-state index in [1.54, 1.807) is 0 Å². The molecule has 4 nitrogen and oxygen atoms in total. The minimum Gasteiger partial charge on any atom is -0.366 e. The second kappa shape index (κ2) is 3.58. The van der Waals surface area contributed by atoms with E-state index < -0.39 is 5.91 Å². The van der Waals surface area contributed by atoms with Crippen molar-refractivity contribution in [2.45, 2.75) is 25.7 Å². The van der Waals surface area contributed by atoms with Crippen molar-refractivity contribution in [2.24, 2.45) is 5.73 Å². The minimum absolute atomic E-state index is 0.199. The third-order valence-electron chi connectivity index (χ3n) is 3.56. The lowest BCUT2D eigenvalue weighted by molar-refractivity contribution is -0.119. The van der Waals surface area contributed by atoms with Crippen LogP contribution in [0.4, 0.5) is 5.69 Å². The zero-order chi connectivity index (χ0) is 12.0. The summed E-state index contributed by atoms with van der Waals surface area (Å²) in [6, 6.07) is 3.68. The Kier molecular flexibility index (Phi) is 2.18.